The molecular formula is C12H26N2O. The van der Waals surface area contributed by atoms with Gasteiger partial charge in [0, 0.05) is 31.3 Å². The van der Waals surface area contributed by atoms with Crippen LogP contribution in [0.15, 0.2) is 0 Å². The zero-order valence-electron chi connectivity index (χ0n) is 10.4. The average molecular weight is 214 g/mol. The smallest absolute Gasteiger partial charge is 0.0431 e. The van der Waals surface area contributed by atoms with E-state index in [1.165, 1.54) is 19.5 Å². The van der Waals surface area contributed by atoms with Crippen LogP contribution in [-0.4, -0.2) is 47.8 Å². The summed E-state index contributed by atoms with van der Waals surface area (Å²) in [6.45, 7) is 9.46. The number of rotatable bonds is 6. The predicted molar refractivity (Wildman–Crippen MR) is 64.0 cm³/mol. The standard InChI is InChI=1S/C12H26N2O/c1-10(2)14-7-6-12(9-14)13-11(3)5-4-8-15/h10-13,15H,4-9H2,1-3H3. The molecule has 0 saturated carbocycles. The number of nitrogens with one attached hydrogen (secondary N) is 1. The second-order valence-electron chi connectivity index (χ2n) is 5.01. The van der Waals surface area contributed by atoms with Crippen LogP contribution in [0.5, 0.6) is 0 Å². The fraction of sp³-hybridized carbons (Fsp3) is 1.00. The van der Waals surface area contributed by atoms with E-state index in [1.807, 2.05) is 0 Å². The Morgan fingerprint density at radius 3 is 2.67 bits per heavy atom. The molecule has 2 atom stereocenters. The molecule has 1 aliphatic rings. The van der Waals surface area contributed by atoms with Crippen molar-refractivity contribution < 1.29 is 5.11 Å². The van der Waals surface area contributed by atoms with Gasteiger partial charge in [-0.3, -0.25) is 4.90 Å². The molecular weight excluding hydrogens is 188 g/mol. The van der Waals surface area contributed by atoms with Crippen LogP contribution in [0.3, 0.4) is 0 Å². The van der Waals surface area contributed by atoms with E-state index < -0.39 is 0 Å². The summed E-state index contributed by atoms with van der Waals surface area (Å²) in [6.07, 6.45) is 3.26. The maximum atomic E-state index is 8.75. The Morgan fingerprint density at radius 1 is 1.40 bits per heavy atom. The summed E-state index contributed by atoms with van der Waals surface area (Å²) < 4.78 is 0. The minimum Gasteiger partial charge on any atom is -0.396 e. The van der Waals surface area contributed by atoms with Gasteiger partial charge in [-0.05, 0) is 46.6 Å². The van der Waals surface area contributed by atoms with Gasteiger partial charge in [0.05, 0.1) is 0 Å². The normalized spacial score (nSPS) is 25.0. The number of aliphatic hydroxyl groups excluding tert-OH is 1. The Labute approximate surface area is 93.9 Å². The van der Waals surface area contributed by atoms with Crippen molar-refractivity contribution in [1.82, 2.24) is 10.2 Å². The minimum atomic E-state index is 0.314. The molecule has 2 unspecified atom stereocenters. The van der Waals surface area contributed by atoms with Crippen molar-refractivity contribution in [2.45, 2.75) is 58.2 Å². The van der Waals surface area contributed by atoms with E-state index in [0.29, 0.717) is 24.7 Å². The number of aliphatic hydroxyl groups is 1. The maximum absolute atomic E-state index is 8.75. The highest BCUT2D eigenvalue weighted by atomic mass is 16.2. The van der Waals surface area contributed by atoms with Gasteiger partial charge in [-0.1, -0.05) is 0 Å². The Kier molecular flexibility index (Phi) is 5.58. The molecule has 0 aliphatic carbocycles. The summed E-state index contributed by atoms with van der Waals surface area (Å²) in [5.74, 6) is 0. The van der Waals surface area contributed by atoms with Crippen molar-refractivity contribution in [2.24, 2.45) is 0 Å². The van der Waals surface area contributed by atoms with E-state index in [-0.39, 0.29) is 0 Å². The highest BCUT2D eigenvalue weighted by Crippen LogP contribution is 2.13. The first-order valence-corrected chi connectivity index (χ1v) is 6.24. The summed E-state index contributed by atoms with van der Waals surface area (Å²) in [4.78, 5) is 2.52. The van der Waals surface area contributed by atoms with Crippen LogP contribution >= 0.6 is 0 Å². The quantitative estimate of drug-likeness (QED) is 0.698. The highest BCUT2D eigenvalue weighted by Gasteiger charge is 2.24. The summed E-state index contributed by atoms with van der Waals surface area (Å²) >= 11 is 0. The maximum Gasteiger partial charge on any atom is 0.0431 e. The van der Waals surface area contributed by atoms with Crippen LogP contribution in [0.25, 0.3) is 0 Å². The molecule has 0 spiro atoms. The lowest BCUT2D eigenvalue weighted by molar-refractivity contribution is 0.259. The summed E-state index contributed by atoms with van der Waals surface area (Å²) in [6, 6.07) is 1.86. The predicted octanol–water partition coefficient (Wildman–Crippen LogP) is 1.22. The molecule has 0 amide bonds. The van der Waals surface area contributed by atoms with Crippen molar-refractivity contribution in [3.63, 3.8) is 0 Å². The van der Waals surface area contributed by atoms with Gasteiger partial charge in [-0.25, -0.2) is 0 Å². The monoisotopic (exact) mass is 214 g/mol. The zero-order valence-corrected chi connectivity index (χ0v) is 10.4. The molecule has 1 rings (SSSR count). The molecule has 1 heterocycles. The topological polar surface area (TPSA) is 35.5 Å². The molecule has 0 aromatic rings. The SMILES string of the molecule is CC(CCCO)NC1CCN(C(C)C)C1. The first kappa shape index (κ1) is 12.9. The summed E-state index contributed by atoms with van der Waals surface area (Å²) in [5.41, 5.74) is 0. The molecule has 0 aromatic heterocycles. The Morgan fingerprint density at radius 2 is 2.13 bits per heavy atom. The third-order valence-corrected chi connectivity index (χ3v) is 3.27. The van der Waals surface area contributed by atoms with Crippen LogP contribution in [0.1, 0.15) is 40.0 Å². The molecule has 1 fully saturated rings. The Balaban J connectivity index is 2.17. The third kappa shape index (κ3) is 4.49. The second-order valence-corrected chi connectivity index (χ2v) is 5.01. The minimum absolute atomic E-state index is 0.314. The Bertz CT molecular complexity index is 173. The van der Waals surface area contributed by atoms with Gasteiger partial charge < -0.3 is 10.4 Å². The van der Waals surface area contributed by atoms with Crippen molar-refractivity contribution in [3.05, 3.63) is 0 Å². The molecule has 1 saturated heterocycles. The van der Waals surface area contributed by atoms with Gasteiger partial charge in [-0.15, -0.1) is 0 Å². The largest absolute Gasteiger partial charge is 0.396 e. The van der Waals surface area contributed by atoms with Gasteiger partial charge in [-0.2, -0.15) is 0 Å². The summed E-state index contributed by atoms with van der Waals surface area (Å²) in [5, 5.41) is 12.4. The van der Waals surface area contributed by atoms with Gasteiger partial charge in [0.2, 0.25) is 0 Å². The third-order valence-electron chi connectivity index (χ3n) is 3.27. The first-order chi connectivity index (χ1) is 7.13. The van der Waals surface area contributed by atoms with Gasteiger partial charge >= 0.3 is 0 Å². The van der Waals surface area contributed by atoms with Crippen molar-refractivity contribution in [2.75, 3.05) is 19.7 Å². The van der Waals surface area contributed by atoms with Crippen LogP contribution in [0.2, 0.25) is 0 Å². The number of hydrogen-bond donors (Lipinski definition) is 2. The van der Waals surface area contributed by atoms with E-state index in [2.05, 4.69) is 31.0 Å². The average Bonchev–Trinajstić information content (AvgIpc) is 2.63. The lowest BCUT2D eigenvalue weighted by Crippen LogP contribution is -2.39. The van der Waals surface area contributed by atoms with Crippen molar-refractivity contribution in [3.8, 4) is 0 Å². The molecule has 3 nitrogen and oxygen atoms in total. The van der Waals surface area contributed by atoms with Crippen LogP contribution in [0.4, 0.5) is 0 Å². The first-order valence-electron chi connectivity index (χ1n) is 6.24. The fourth-order valence-corrected chi connectivity index (χ4v) is 2.28. The molecule has 2 N–H and O–H groups in total. The Hall–Kier alpha value is -0.120. The number of likely N-dealkylation sites (tertiary alicyclic amines) is 1. The van der Waals surface area contributed by atoms with Gasteiger partial charge in [0.25, 0.3) is 0 Å². The molecule has 0 aromatic carbocycles. The zero-order chi connectivity index (χ0) is 11.3. The molecule has 15 heavy (non-hydrogen) atoms. The second kappa shape index (κ2) is 6.46. The highest BCUT2D eigenvalue weighted by molar-refractivity contribution is 4.84. The molecule has 3 heteroatoms. The van der Waals surface area contributed by atoms with E-state index in [9.17, 15) is 0 Å². The fourth-order valence-electron chi connectivity index (χ4n) is 2.28. The van der Waals surface area contributed by atoms with Crippen LogP contribution in [-0.2, 0) is 0 Å². The van der Waals surface area contributed by atoms with Gasteiger partial charge in [0.1, 0.15) is 0 Å². The van der Waals surface area contributed by atoms with Crippen LogP contribution < -0.4 is 5.32 Å². The molecule has 1 aliphatic heterocycles. The molecule has 90 valence electrons. The van der Waals surface area contributed by atoms with Crippen molar-refractivity contribution in [1.29, 1.82) is 0 Å². The summed E-state index contributed by atoms with van der Waals surface area (Å²) in [7, 11) is 0. The van der Waals surface area contributed by atoms with Crippen LogP contribution in [0, 0.1) is 0 Å². The van der Waals surface area contributed by atoms with E-state index in [0.717, 1.165) is 12.8 Å². The van der Waals surface area contributed by atoms with E-state index in [4.69, 9.17) is 5.11 Å². The van der Waals surface area contributed by atoms with E-state index in [1.54, 1.807) is 0 Å². The van der Waals surface area contributed by atoms with E-state index >= 15 is 0 Å². The number of nitrogens with zero attached hydrogens (tertiary/aromatic N) is 1. The lowest BCUT2D eigenvalue weighted by Gasteiger charge is -2.22. The molecule has 0 radical (unpaired) electrons. The van der Waals surface area contributed by atoms with Crippen molar-refractivity contribution >= 4 is 0 Å². The number of hydrogen-bond acceptors (Lipinski definition) is 3. The van der Waals surface area contributed by atoms with Gasteiger partial charge in [0.15, 0.2) is 0 Å². The molecule has 0 bridgehead atoms. The lowest BCUT2D eigenvalue weighted by atomic mass is 10.1.